The number of alkyl halides is 1. The molecule has 0 amide bonds. The Kier molecular flexibility index (Phi) is 6.25. The number of halogens is 2. The molecule has 1 aromatic rings. The van der Waals surface area contributed by atoms with Gasteiger partial charge in [0.25, 0.3) is 0 Å². The Morgan fingerprint density at radius 3 is 2.50 bits per heavy atom. The molecule has 1 aromatic carbocycles. The van der Waals surface area contributed by atoms with Crippen LogP contribution >= 0.6 is 15.9 Å². The van der Waals surface area contributed by atoms with E-state index < -0.39 is 15.8 Å². The summed E-state index contributed by atoms with van der Waals surface area (Å²) in [5, 5.41) is 0.914. The van der Waals surface area contributed by atoms with E-state index in [0.29, 0.717) is 12.5 Å². The Balaban J connectivity index is 2.48. The van der Waals surface area contributed by atoms with Gasteiger partial charge in [0, 0.05) is 11.9 Å². The first-order valence-electron chi connectivity index (χ1n) is 5.77. The molecule has 102 valence electrons. The highest BCUT2D eigenvalue weighted by Crippen LogP contribution is 2.11. The van der Waals surface area contributed by atoms with Crippen molar-refractivity contribution in [3.05, 3.63) is 30.1 Å². The molecule has 1 N–H and O–H groups in total. The van der Waals surface area contributed by atoms with Gasteiger partial charge >= 0.3 is 0 Å². The molecule has 0 saturated heterocycles. The van der Waals surface area contributed by atoms with Crippen molar-refractivity contribution in [2.75, 3.05) is 11.9 Å². The van der Waals surface area contributed by atoms with Crippen LogP contribution < -0.4 is 4.72 Å². The van der Waals surface area contributed by atoms with Crippen molar-refractivity contribution in [3.8, 4) is 0 Å². The Bertz CT molecular complexity index is 461. The van der Waals surface area contributed by atoms with E-state index in [0.717, 1.165) is 30.3 Å². The number of sulfonamides is 1. The summed E-state index contributed by atoms with van der Waals surface area (Å²) in [6.07, 6.45) is 1.74. The molecule has 6 heteroatoms. The number of rotatable bonds is 7. The maximum atomic E-state index is 12.7. The quantitative estimate of drug-likeness (QED) is 0.614. The molecule has 0 aliphatic rings. The Morgan fingerprint density at radius 2 is 1.94 bits per heavy atom. The van der Waals surface area contributed by atoms with Gasteiger partial charge in [0.2, 0.25) is 10.0 Å². The second-order valence-corrected chi connectivity index (χ2v) is 6.67. The lowest BCUT2D eigenvalue weighted by Crippen LogP contribution is -2.25. The third kappa shape index (κ3) is 5.04. The van der Waals surface area contributed by atoms with Crippen molar-refractivity contribution < 1.29 is 12.8 Å². The molecule has 1 rings (SSSR count). The van der Waals surface area contributed by atoms with Crippen LogP contribution in [0.15, 0.2) is 29.2 Å². The first kappa shape index (κ1) is 15.6. The topological polar surface area (TPSA) is 46.2 Å². The van der Waals surface area contributed by atoms with Crippen molar-refractivity contribution in [1.82, 2.24) is 4.72 Å². The molecule has 1 atom stereocenters. The van der Waals surface area contributed by atoms with Crippen LogP contribution in [-0.4, -0.2) is 20.3 Å². The molecule has 0 saturated carbocycles. The Morgan fingerprint density at radius 1 is 1.33 bits per heavy atom. The average molecular weight is 338 g/mol. The minimum Gasteiger partial charge on any atom is -0.211 e. The fraction of sp³-hybridized carbons (Fsp3) is 0.500. The van der Waals surface area contributed by atoms with Crippen molar-refractivity contribution in [2.24, 2.45) is 5.92 Å². The van der Waals surface area contributed by atoms with Gasteiger partial charge in [-0.05, 0) is 43.0 Å². The zero-order valence-electron chi connectivity index (χ0n) is 10.2. The smallest absolute Gasteiger partial charge is 0.211 e. The van der Waals surface area contributed by atoms with Gasteiger partial charge in [-0.3, -0.25) is 0 Å². The molecule has 0 aliphatic carbocycles. The second kappa shape index (κ2) is 7.21. The van der Waals surface area contributed by atoms with Crippen LogP contribution in [0.25, 0.3) is 0 Å². The zero-order chi connectivity index (χ0) is 13.6. The Hall–Kier alpha value is -0.460. The van der Waals surface area contributed by atoms with Crippen molar-refractivity contribution in [1.29, 1.82) is 0 Å². The highest BCUT2D eigenvalue weighted by molar-refractivity contribution is 9.09. The number of nitrogens with one attached hydrogen (secondary N) is 1. The third-order valence-electron chi connectivity index (χ3n) is 2.55. The van der Waals surface area contributed by atoms with E-state index in [9.17, 15) is 12.8 Å². The molecule has 0 radical (unpaired) electrons. The van der Waals surface area contributed by atoms with Crippen LogP contribution in [0.2, 0.25) is 0 Å². The third-order valence-corrected chi connectivity index (χ3v) is 5.14. The lowest BCUT2D eigenvalue weighted by atomic mass is 10.1. The van der Waals surface area contributed by atoms with E-state index >= 15 is 0 Å². The maximum Gasteiger partial charge on any atom is 0.240 e. The van der Waals surface area contributed by atoms with E-state index in [-0.39, 0.29) is 4.90 Å². The fourth-order valence-electron chi connectivity index (χ4n) is 1.43. The van der Waals surface area contributed by atoms with Gasteiger partial charge in [0.05, 0.1) is 4.90 Å². The van der Waals surface area contributed by atoms with Crippen molar-refractivity contribution in [3.63, 3.8) is 0 Å². The minimum absolute atomic E-state index is 0.0949. The molecule has 18 heavy (non-hydrogen) atoms. The van der Waals surface area contributed by atoms with E-state index in [1.165, 1.54) is 12.1 Å². The monoisotopic (exact) mass is 337 g/mol. The predicted octanol–water partition coefficient (Wildman–Crippen LogP) is 2.92. The van der Waals surface area contributed by atoms with Crippen LogP contribution in [0.4, 0.5) is 4.39 Å². The normalized spacial score (nSPS) is 13.5. The summed E-state index contributed by atoms with van der Waals surface area (Å²) in [7, 11) is -3.51. The molecule has 0 aliphatic heterocycles. The summed E-state index contributed by atoms with van der Waals surface area (Å²) in [5.41, 5.74) is 0. The lowest BCUT2D eigenvalue weighted by molar-refractivity contribution is 0.546. The van der Waals surface area contributed by atoms with Gasteiger partial charge in [-0.2, -0.15) is 0 Å². The number of benzene rings is 1. The molecule has 0 fully saturated rings. The fourth-order valence-corrected chi connectivity index (χ4v) is 2.83. The molecule has 0 heterocycles. The lowest BCUT2D eigenvalue weighted by Gasteiger charge is -2.09. The van der Waals surface area contributed by atoms with Gasteiger partial charge in [0.1, 0.15) is 5.82 Å². The van der Waals surface area contributed by atoms with E-state index in [4.69, 9.17) is 0 Å². The van der Waals surface area contributed by atoms with Gasteiger partial charge in [-0.15, -0.1) is 0 Å². The van der Waals surface area contributed by atoms with E-state index in [1.54, 1.807) is 0 Å². The maximum absolute atomic E-state index is 12.7. The molecule has 1 unspecified atom stereocenters. The van der Waals surface area contributed by atoms with Gasteiger partial charge < -0.3 is 0 Å². The van der Waals surface area contributed by atoms with Gasteiger partial charge in [-0.1, -0.05) is 22.9 Å². The summed E-state index contributed by atoms with van der Waals surface area (Å²) in [5.74, 6) is 0.0837. The van der Waals surface area contributed by atoms with Gasteiger partial charge in [-0.25, -0.2) is 17.5 Å². The first-order chi connectivity index (χ1) is 8.45. The highest BCUT2D eigenvalue weighted by atomic mass is 79.9. The van der Waals surface area contributed by atoms with E-state index in [1.807, 2.05) is 0 Å². The molecule has 0 bridgehead atoms. The zero-order valence-corrected chi connectivity index (χ0v) is 12.6. The van der Waals surface area contributed by atoms with Gasteiger partial charge in [0.15, 0.2) is 0 Å². The summed E-state index contributed by atoms with van der Waals surface area (Å²) in [6, 6.07) is 4.81. The molecular formula is C12H17BrFNO2S. The van der Waals surface area contributed by atoms with Crippen molar-refractivity contribution in [2.45, 2.75) is 24.7 Å². The van der Waals surface area contributed by atoms with Crippen molar-refractivity contribution >= 4 is 26.0 Å². The molecule has 0 spiro atoms. The highest BCUT2D eigenvalue weighted by Gasteiger charge is 2.13. The predicted molar refractivity (Wildman–Crippen MR) is 73.8 cm³/mol. The van der Waals surface area contributed by atoms with Crippen LogP contribution in [0, 0.1) is 11.7 Å². The number of hydrogen-bond acceptors (Lipinski definition) is 2. The Labute approximate surface area is 116 Å². The number of hydrogen-bond donors (Lipinski definition) is 1. The van der Waals surface area contributed by atoms with Crippen LogP contribution in [0.3, 0.4) is 0 Å². The summed E-state index contributed by atoms with van der Waals surface area (Å²) >= 11 is 3.38. The average Bonchev–Trinajstić information content (AvgIpc) is 2.35. The first-order valence-corrected chi connectivity index (χ1v) is 8.37. The summed E-state index contributed by atoms with van der Waals surface area (Å²) in [4.78, 5) is 0.0949. The van der Waals surface area contributed by atoms with Crippen LogP contribution in [-0.2, 0) is 10.0 Å². The summed E-state index contributed by atoms with van der Waals surface area (Å²) in [6.45, 7) is 2.50. The minimum atomic E-state index is -3.51. The second-order valence-electron chi connectivity index (χ2n) is 4.25. The SMILES string of the molecule is CC(CBr)CCCNS(=O)(=O)c1ccc(F)cc1. The van der Waals surface area contributed by atoms with Crippen LogP contribution in [0.5, 0.6) is 0 Å². The largest absolute Gasteiger partial charge is 0.240 e. The molecule has 0 aromatic heterocycles. The van der Waals surface area contributed by atoms with Crippen LogP contribution in [0.1, 0.15) is 19.8 Å². The standard InChI is InChI=1S/C12H17BrFNO2S/c1-10(9-13)3-2-8-15-18(16,17)12-6-4-11(14)5-7-12/h4-7,10,15H,2-3,8-9H2,1H3. The van der Waals surface area contributed by atoms with E-state index in [2.05, 4.69) is 27.6 Å². The molecular weight excluding hydrogens is 321 g/mol. The summed E-state index contributed by atoms with van der Waals surface area (Å²) < 4.78 is 38.8. The molecule has 3 nitrogen and oxygen atoms in total.